The minimum absolute atomic E-state index is 0.222. The van der Waals surface area contributed by atoms with Gasteiger partial charge in [-0.05, 0) is 50.1 Å². The highest BCUT2D eigenvalue weighted by Gasteiger charge is 2.27. The molecule has 0 spiro atoms. The Balaban J connectivity index is 1.89. The Morgan fingerprint density at radius 1 is 1.00 bits per heavy atom. The number of nitrogens with zero attached hydrogens (tertiary/aromatic N) is 2. The summed E-state index contributed by atoms with van der Waals surface area (Å²) in [7, 11) is 0. The van der Waals surface area contributed by atoms with Gasteiger partial charge in [-0.2, -0.15) is 4.73 Å². The van der Waals surface area contributed by atoms with Crippen molar-refractivity contribution in [2.75, 3.05) is 0 Å². The van der Waals surface area contributed by atoms with Crippen molar-refractivity contribution in [3.05, 3.63) is 93.5 Å². The van der Waals surface area contributed by atoms with Crippen molar-refractivity contribution in [1.29, 1.82) is 0 Å². The third kappa shape index (κ3) is 3.78. The molecule has 0 radical (unpaired) electrons. The highest BCUT2D eigenvalue weighted by atomic mass is 32.1. The van der Waals surface area contributed by atoms with Crippen molar-refractivity contribution in [2.24, 2.45) is 0 Å². The predicted molar refractivity (Wildman–Crippen MR) is 117 cm³/mol. The quantitative estimate of drug-likeness (QED) is 0.349. The minimum Gasteiger partial charge on any atom is -0.618 e. The average molecular weight is 421 g/mol. The molecule has 2 aromatic carbocycles. The third-order valence-electron chi connectivity index (χ3n) is 5.05. The van der Waals surface area contributed by atoms with Crippen molar-refractivity contribution in [1.82, 2.24) is 4.98 Å². The summed E-state index contributed by atoms with van der Waals surface area (Å²) < 4.78 is 14.9. The van der Waals surface area contributed by atoms with Crippen LogP contribution in [0.15, 0.2) is 60.7 Å². The number of para-hydroxylation sites is 1. The van der Waals surface area contributed by atoms with Crippen molar-refractivity contribution in [2.45, 2.75) is 26.7 Å². The molecule has 0 aliphatic carbocycles. The molecule has 0 unspecified atom stereocenters. The summed E-state index contributed by atoms with van der Waals surface area (Å²) in [5.74, 6) is -1.23. The van der Waals surface area contributed by atoms with Gasteiger partial charge in [0.05, 0.1) is 5.56 Å². The summed E-state index contributed by atoms with van der Waals surface area (Å²) in [4.78, 5) is 6.60. The molecular weight excluding hydrogens is 399 g/mol. The fourth-order valence-corrected chi connectivity index (χ4v) is 4.50. The average Bonchev–Trinajstić information content (AvgIpc) is 3.15. The Morgan fingerprint density at radius 2 is 1.77 bits per heavy atom. The number of halogens is 1. The van der Waals surface area contributed by atoms with Gasteiger partial charge in [-0.15, -0.1) is 11.3 Å². The second kappa shape index (κ2) is 8.24. The maximum absolute atomic E-state index is 14.0. The number of benzene rings is 2. The summed E-state index contributed by atoms with van der Waals surface area (Å²) in [6.07, 6.45) is 1.03. The second-order valence-corrected chi connectivity index (χ2v) is 8.46. The Hall–Kier alpha value is -3.25. The van der Waals surface area contributed by atoms with E-state index in [1.54, 1.807) is 13.0 Å². The molecule has 2 heterocycles. The molecule has 0 amide bonds. The zero-order valence-corrected chi connectivity index (χ0v) is 17.5. The van der Waals surface area contributed by atoms with E-state index < -0.39 is 11.6 Å². The van der Waals surface area contributed by atoms with Crippen LogP contribution in [0.4, 0.5) is 4.39 Å². The van der Waals surface area contributed by atoms with Crippen LogP contribution in [0.1, 0.15) is 21.8 Å². The van der Waals surface area contributed by atoms with Crippen LogP contribution in [0.3, 0.4) is 0 Å². The van der Waals surface area contributed by atoms with Gasteiger partial charge in [-0.1, -0.05) is 36.4 Å². The summed E-state index contributed by atoms with van der Waals surface area (Å²) in [5.41, 5.74) is 3.06. The number of hydrogen-bond donors (Lipinski definition) is 1. The molecule has 1 N–H and O–H groups in total. The highest BCUT2D eigenvalue weighted by Crippen LogP contribution is 2.34. The van der Waals surface area contributed by atoms with Crippen molar-refractivity contribution in [3.63, 3.8) is 0 Å². The summed E-state index contributed by atoms with van der Waals surface area (Å²) in [6.45, 7) is 3.75. The van der Waals surface area contributed by atoms with Gasteiger partial charge in [0.1, 0.15) is 16.3 Å². The molecule has 30 heavy (non-hydrogen) atoms. The van der Waals surface area contributed by atoms with Gasteiger partial charge in [-0.25, -0.2) is 9.37 Å². The van der Waals surface area contributed by atoms with E-state index in [-0.39, 0.29) is 5.56 Å². The number of rotatable bonds is 5. The van der Waals surface area contributed by atoms with E-state index in [0.29, 0.717) is 35.6 Å². The smallest absolute Gasteiger partial charge is 0.255 e. The van der Waals surface area contributed by atoms with E-state index in [2.05, 4.69) is 4.98 Å². The van der Waals surface area contributed by atoms with Gasteiger partial charge in [-0.3, -0.25) is 0 Å². The van der Waals surface area contributed by atoms with Crippen molar-refractivity contribution < 1.29 is 14.2 Å². The number of aromatic hydroxyl groups is 1. The Bertz CT molecular complexity index is 1210. The second-order valence-electron chi connectivity index (χ2n) is 7.17. The Labute approximate surface area is 178 Å². The number of aryl methyl sites for hydroxylation is 3. The first-order chi connectivity index (χ1) is 14.5. The zero-order valence-electron chi connectivity index (χ0n) is 16.7. The molecular formula is C24H21FN2O2S. The number of hydrogen-bond acceptors (Lipinski definition) is 4. The minimum atomic E-state index is -0.739. The maximum atomic E-state index is 14.0. The van der Waals surface area contributed by atoms with Crippen LogP contribution in [0.2, 0.25) is 0 Å². The zero-order chi connectivity index (χ0) is 21.3. The van der Waals surface area contributed by atoms with E-state index in [1.807, 2.05) is 49.4 Å². The van der Waals surface area contributed by atoms with Crippen LogP contribution in [-0.2, 0) is 12.8 Å². The SMILES string of the molecule is Cc1ccc(-c2c(C)nc(-c3cccc(F)c3O)c(CCc3ccccc3)[n+]2[O-])s1. The lowest BCUT2D eigenvalue weighted by atomic mass is 10.0. The van der Waals surface area contributed by atoms with E-state index in [1.165, 1.54) is 23.5 Å². The lowest BCUT2D eigenvalue weighted by Gasteiger charge is -2.15. The van der Waals surface area contributed by atoms with Gasteiger partial charge >= 0.3 is 0 Å². The lowest BCUT2D eigenvalue weighted by molar-refractivity contribution is -0.602. The van der Waals surface area contributed by atoms with E-state index in [4.69, 9.17) is 0 Å². The van der Waals surface area contributed by atoms with E-state index >= 15 is 0 Å². The number of aromatic nitrogens is 2. The molecule has 0 fully saturated rings. The van der Waals surface area contributed by atoms with Gasteiger partial charge in [0, 0.05) is 11.3 Å². The fourth-order valence-electron chi connectivity index (χ4n) is 3.55. The molecule has 152 valence electrons. The van der Waals surface area contributed by atoms with Crippen LogP contribution in [0.5, 0.6) is 5.75 Å². The first-order valence-electron chi connectivity index (χ1n) is 9.67. The molecule has 6 heteroatoms. The van der Waals surface area contributed by atoms with Crippen molar-refractivity contribution in [3.8, 4) is 27.6 Å². The first-order valence-corrected chi connectivity index (χ1v) is 10.5. The molecule has 4 nitrogen and oxygen atoms in total. The van der Waals surface area contributed by atoms with Crippen LogP contribution >= 0.6 is 11.3 Å². The molecule has 4 aromatic rings. The summed E-state index contributed by atoms with van der Waals surface area (Å²) in [5, 5.41) is 23.8. The van der Waals surface area contributed by atoms with Crippen LogP contribution in [0.25, 0.3) is 21.8 Å². The monoisotopic (exact) mass is 420 g/mol. The number of thiophene rings is 1. The molecule has 0 aliphatic heterocycles. The Morgan fingerprint density at radius 3 is 2.47 bits per heavy atom. The van der Waals surface area contributed by atoms with Gasteiger partial charge < -0.3 is 10.3 Å². The topological polar surface area (TPSA) is 60.1 Å². The molecule has 2 aromatic heterocycles. The van der Waals surface area contributed by atoms with Gasteiger partial charge in [0.2, 0.25) is 5.69 Å². The lowest BCUT2D eigenvalue weighted by Crippen LogP contribution is -2.37. The van der Waals surface area contributed by atoms with Gasteiger partial charge in [0.25, 0.3) is 5.69 Å². The van der Waals surface area contributed by atoms with Gasteiger partial charge in [0.15, 0.2) is 11.6 Å². The summed E-state index contributed by atoms with van der Waals surface area (Å²) >= 11 is 1.53. The van der Waals surface area contributed by atoms with Crippen LogP contribution < -0.4 is 4.73 Å². The fraction of sp³-hybridized carbons (Fsp3) is 0.167. The first kappa shape index (κ1) is 20.0. The van der Waals surface area contributed by atoms with Crippen LogP contribution in [-0.4, -0.2) is 10.1 Å². The molecule has 0 aliphatic rings. The van der Waals surface area contributed by atoms with Crippen molar-refractivity contribution >= 4 is 11.3 Å². The molecule has 0 saturated carbocycles. The molecule has 0 atom stereocenters. The predicted octanol–water partition coefficient (Wildman–Crippen LogP) is 5.36. The molecule has 0 saturated heterocycles. The molecule has 4 rings (SSSR count). The highest BCUT2D eigenvalue weighted by molar-refractivity contribution is 7.15. The normalized spacial score (nSPS) is 11.0. The van der Waals surface area contributed by atoms with E-state index in [0.717, 1.165) is 20.0 Å². The third-order valence-corrected chi connectivity index (χ3v) is 6.06. The number of phenolic OH excluding ortho intramolecular Hbond substituents is 1. The standard InChI is InChI=1S/C24H21FN2O2S/c1-15-11-14-21(30-15)23-16(2)26-22(18-9-6-10-19(25)24(18)28)20(27(23)29)13-12-17-7-4-3-5-8-17/h3-11,14,28H,12-13H2,1-2H3. The number of phenols is 1. The largest absolute Gasteiger partial charge is 0.618 e. The maximum Gasteiger partial charge on any atom is 0.255 e. The summed E-state index contributed by atoms with van der Waals surface area (Å²) in [6, 6.07) is 18.0. The van der Waals surface area contributed by atoms with Crippen LogP contribution in [0, 0.1) is 24.9 Å². The van der Waals surface area contributed by atoms with E-state index in [9.17, 15) is 14.7 Å². The molecule has 0 bridgehead atoms. The Kier molecular flexibility index (Phi) is 5.50.